The van der Waals surface area contributed by atoms with Crippen molar-refractivity contribution in [3.05, 3.63) is 45.9 Å². The number of aryl methyl sites for hydroxylation is 2. The van der Waals surface area contributed by atoms with Crippen LogP contribution in [0.3, 0.4) is 0 Å². The lowest BCUT2D eigenvalue weighted by atomic mass is 10.3. The van der Waals surface area contributed by atoms with Crippen LogP contribution in [0.25, 0.3) is 0 Å². The molecule has 0 radical (unpaired) electrons. The van der Waals surface area contributed by atoms with Crippen LogP contribution in [-0.2, 0) is 6.54 Å². The van der Waals surface area contributed by atoms with Crippen molar-refractivity contribution in [2.45, 2.75) is 20.4 Å². The number of hydrogen-bond acceptors (Lipinski definition) is 3. The van der Waals surface area contributed by atoms with Crippen LogP contribution in [0.5, 0.6) is 0 Å². The Morgan fingerprint density at radius 1 is 1.20 bits per heavy atom. The maximum absolute atomic E-state index is 4.40. The Balaban J connectivity index is 2.02. The summed E-state index contributed by atoms with van der Waals surface area (Å²) in [6.45, 7) is 4.97. The smallest absolute Gasteiger partial charge is 0.0900 e. The lowest BCUT2D eigenvalue weighted by molar-refractivity contribution is 1.11. The molecule has 78 valence electrons. The topological polar surface area (TPSA) is 24.9 Å². The van der Waals surface area contributed by atoms with Crippen molar-refractivity contribution in [1.29, 1.82) is 0 Å². The number of benzene rings is 1. The van der Waals surface area contributed by atoms with Crippen molar-refractivity contribution in [2.75, 3.05) is 5.32 Å². The Morgan fingerprint density at radius 3 is 2.53 bits per heavy atom. The fourth-order valence-corrected chi connectivity index (χ4v) is 2.35. The predicted octanol–water partition coefficient (Wildman–Crippen LogP) is 3.37. The molecule has 0 aliphatic heterocycles. The number of thiazole rings is 1. The van der Waals surface area contributed by atoms with Gasteiger partial charge in [-0.25, -0.2) is 4.98 Å². The van der Waals surface area contributed by atoms with Crippen LogP contribution in [0.2, 0.25) is 0 Å². The molecule has 15 heavy (non-hydrogen) atoms. The number of para-hydroxylation sites is 1. The van der Waals surface area contributed by atoms with Gasteiger partial charge >= 0.3 is 0 Å². The second-order valence-electron chi connectivity index (χ2n) is 3.46. The SMILES string of the molecule is Cc1nc(C)c(CNc2ccccc2)s1. The zero-order chi connectivity index (χ0) is 10.7. The van der Waals surface area contributed by atoms with E-state index < -0.39 is 0 Å². The molecule has 2 aromatic rings. The number of nitrogens with one attached hydrogen (secondary N) is 1. The maximum Gasteiger partial charge on any atom is 0.0900 e. The first-order valence-electron chi connectivity index (χ1n) is 4.97. The highest BCUT2D eigenvalue weighted by Crippen LogP contribution is 2.18. The van der Waals surface area contributed by atoms with Gasteiger partial charge in [0.15, 0.2) is 0 Å². The van der Waals surface area contributed by atoms with E-state index in [4.69, 9.17) is 0 Å². The van der Waals surface area contributed by atoms with Crippen molar-refractivity contribution in [3.63, 3.8) is 0 Å². The first-order valence-corrected chi connectivity index (χ1v) is 5.79. The predicted molar refractivity (Wildman–Crippen MR) is 65.4 cm³/mol. The fourth-order valence-electron chi connectivity index (χ4n) is 1.48. The van der Waals surface area contributed by atoms with E-state index >= 15 is 0 Å². The summed E-state index contributed by atoms with van der Waals surface area (Å²) < 4.78 is 0. The summed E-state index contributed by atoms with van der Waals surface area (Å²) in [5.41, 5.74) is 2.30. The minimum absolute atomic E-state index is 0.862. The Morgan fingerprint density at radius 2 is 1.93 bits per heavy atom. The Kier molecular flexibility index (Phi) is 3.02. The summed E-state index contributed by atoms with van der Waals surface area (Å²) in [6, 6.07) is 10.2. The van der Waals surface area contributed by atoms with E-state index in [2.05, 4.69) is 29.4 Å². The first-order chi connectivity index (χ1) is 7.25. The van der Waals surface area contributed by atoms with E-state index in [-0.39, 0.29) is 0 Å². The number of anilines is 1. The van der Waals surface area contributed by atoms with Gasteiger partial charge in [0.1, 0.15) is 0 Å². The lowest BCUT2D eigenvalue weighted by Gasteiger charge is -2.04. The van der Waals surface area contributed by atoms with Crippen molar-refractivity contribution in [2.24, 2.45) is 0 Å². The van der Waals surface area contributed by atoms with Crippen LogP contribution >= 0.6 is 11.3 Å². The van der Waals surface area contributed by atoms with E-state index in [9.17, 15) is 0 Å². The van der Waals surface area contributed by atoms with Gasteiger partial charge in [-0.05, 0) is 26.0 Å². The van der Waals surface area contributed by atoms with Crippen molar-refractivity contribution in [1.82, 2.24) is 4.98 Å². The van der Waals surface area contributed by atoms with Gasteiger partial charge in [-0.1, -0.05) is 18.2 Å². The molecule has 0 fully saturated rings. The molecular formula is C12H14N2S. The molecular weight excluding hydrogens is 204 g/mol. The van der Waals surface area contributed by atoms with Gasteiger partial charge in [0.05, 0.1) is 17.2 Å². The summed E-state index contributed by atoms with van der Waals surface area (Å²) in [6.07, 6.45) is 0. The highest BCUT2D eigenvalue weighted by molar-refractivity contribution is 7.11. The molecule has 3 heteroatoms. The summed E-state index contributed by atoms with van der Waals surface area (Å²) in [5, 5.41) is 4.52. The van der Waals surface area contributed by atoms with Gasteiger partial charge < -0.3 is 5.32 Å². The first kappa shape index (κ1) is 10.2. The van der Waals surface area contributed by atoms with Crippen LogP contribution in [0.4, 0.5) is 5.69 Å². The number of rotatable bonds is 3. The van der Waals surface area contributed by atoms with Gasteiger partial charge in [0, 0.05) is 10.6 Å². The zero-order valence-corrected chi connectivity index (χ0v) is 9.77. The quantitative estimate of drug-likeness (QED) is 0.854. The molecule has 1 aromatic heterocycles. The van der Waals surface area contributed by atoms with Gasteiger partial charge in [-0.3, -0.25) is 0 Å². The monoisotopic (exact) mass is 218 g/mol. The van der Waals surface area contributed by atoms with Gasteiger partial charge in [-0.15, -0.1) is 11.3 Å². The molecule has 0 aliphatic rings. The zero-order valence-electron chi connectivity index (χ0n) is 8.95. The molecule has 1 N–H and O–H groups in total. The third kappa shape index (κ3) is 2.57. The maximum atomic E-state index is 4.40. The van der Waals surface area contributed by atoms with E-state index in [0.717, 1.165) is 22.9 Å². The second kappa shape index (κ2) is 4.45. The number of hydrogen-bond donors (Lipinski definition) is 1. The second-order valence-corrected chi connectivity index (χ2v) is 4.75. The summed E-state index contributed by atoms with van der Waals surface area (Å²) in [7, 11) is 0. The van der Waals surface area contributed by atoms with Crippen LogP contribution in [0.15, 0.2) is 30.3 Å². The van der Waals surface area contributed by atoms with E-state index in [0.29, 0.717) is 0 Å². The lowest BCUT2D eigenvalue weighted by Crippen LogP contribution is -1.98. The number of nitrogens with zero attached hydrogens (tertiary/aromatic N) is 1. The largest absolute Gasteiger partial charge is 0.380 e. The van der Waals surface area contributed by atoms with Crippen LogP contribution < -0.4 is 5.32 Å². The van der Waals surface area contributed by atoms with Gasteiger partial charge in [0.2, 0.25) is 0 Å². The van der Waals surface area contributed by atoms with Crippen molar-refractivity contribution in [3.8, 4) is 0 Å². The Hall–Kier alpha value is -1.35. The fraction of sp³-hybridized carbons (Fsp3) is 0.250. The standard InChI is InChI=1S/C12H14N2S/c1-9-12(15-10(2)14-9)8-13-11-6-4-3-5-7-11/h3-7,13H,8H2,1-2H3. The molecule has 0 saturated carbocycles. The van der Waals surface area contributed by atoms with Crippen molar-refractivity contribution >= 4 is 17.0 Å². The molecule has 0 bridgehead atoms. The normalized spacial score (nSPS) is 10.3. The number of aromatic nitrogens is 1. The minimum atomic E-state index is 0.862. The molecule has 0 amide bonds. The molecule has 0 spiro atoms. The minimum Gasteiger partial charge on any atom is -0.380 e. The van der Waals surface area contributed by atoms with Crippen LogP contribution in [0.1, 0.15) is 15.6 Å². The molecule has 1 heterocycles. The third-order valence-corrected chi connectivity index (χ3v) is 3.30. The highest BCUT2D eigenvalue weighted by atomic mass is 32.1. The average Bonchev–Trinajstić information content (AvgIpc) is 2.56. The average molecular weight is 218 g/mol. The molecule has 0 saturated heterocycles. The van der Waals surface area contributed by atoms with Crippen LogP contribution in [0, 0.1) is 13.8 Å². The summed E-state index contributed by atoms with van der Waals surface area (Å²) >= 11 is 1.76. The van der Waals surface area contributed by atoms with Gasteiger partial charge in [-0.2, -0.15) is 0 Å². The van der Waals surface area contributed by atoms with E-state index in [1.54, 1.807) is 11.3 Å². The van der Waals surface area contributed by atoms with E-state index in [1.165, 1.54) is 4.88 Å². The van der Waals surface area contributed by atoms with Gasteiger partial charge in [0.25, 0.3) is 0 Å². The third-order valence-electron chi connectivity index (χ3n) is 2.23. The molecule has 2 nitrogen and oxygen atoms in total. The highest BCUT2D eigenvalue weighted by Gasteiger charge is 2.03. The molecule has 0 atom stereocenters. The Labute approximate surface area is 94.0 Å². The summed E-state index contributed by atoms with van der Waals surface area (Å²) in [4.78, 5) is 5.72. The van der Waals surface area contributed by atoms with Crippen LogP contribution in [-0.4, -0.2) is 4.98 Å². The van der Waals surface area contributed by atoms with Crippen molar-refractivity contribution < 1.29 is 0 Å². The molecule has 0 unspecified atom stereocenters. The van der Waals surface area contributed by atoms with E-state index in [1.807, 2.05) is 25.1 Å². The molecule has 1 aromatic carbocycles. The summed E-state index contributed by atoms with van der Waals surface area (Å²) in [5.74, 6) is 0. The molecule has 2 rings (SSSR count). The molecule has 0 aliphatic carbocycles. The Bertz CT molecular complexity index is 434.